The van der Waals surface area contributed by atoms with Crippen LogP contribution in [0.4, 0.5) is 4.39 Å². The number of carbonyl (C=O) groups is 1. The third kappa shape index (κ3) is 4.41. The van der Waals surface area contributed by atoms with Crippen molar-refractivity contribution in [3.8, 4) is 0 Å². The van der Waals surface area contributed by atoms with Crippen LogP contribution in [-0.2, 0) is 10.5 Å². The van der Waals surface area contributed by atoms with Crippen molar-refractivity contribution in [2.45, 2.75) is 24.3 Å². The van der Waals surface area contributed by atoms with E-state index in [0.717, 1.165) is 0 Å². The van der Waals surface area contributed by atoms with E-state index in [-0.39, 0.29) is 17.5 Å². The lowest BCUT2D eigenvalue weighted by molar-refractivity contribution is -0.136. The Balaban J connectivity index is 2.54. The second-order valence-electron chi connectivity index (χ2n) is 3.46. The molecule has 1 aromatic carbocycles. The molecule has 0 radical (unpaired) electrons. The molecule has 0 saturated carbocycles. The average molecular weight is 263 g/mol. The van der Waals surface area contributed by atoms with Crippen LogP contribution in [0, 0.1) is 5.82 Å². The Labute approximate surface area is 103 Å². The van der Waals surface area contributed by atoms with Crippen LogP contribution in [0.25, 0.3) is 0 Å². The fourth-order valence-corrected chi connectivity index (χ4v) is 2.42. The molecule has 1 rings (SSSR count). The third-order valence-electron chi connectivity index (χ3n) is 1.99. The Morgan fingerprint density at radius 3 is 2.94 bits per heavy atom. The van der Waals surface area contributed by atoms with Crippen LogP contribution in [0.5, 0.6) is 0 Å². The smallest absolute Gasteiger partial charge is 0.304 e. The molecule has 1 N–H and O–H groups in total. The molecule has 16 heavy (non-hydrogen) atoms. The van der Waals surface area contributed by atoms with Crippen molar-refractivity contribution in [3.63, 3.8) is 0 Å². The first-order valence-corrected chi connectivity index (χ1v) is 6.19. The lowest BCUT2D eigenvalue weighted by atomic mass is 10.2. The van der Waals surface area contributed by atoms with Crippen molar-refractivity contribution in [2.24, 2.45) is 0 Å². The first kappa shape index (κ1) is 13.3. The molecule has 0 amide bonds. The van der Waals surface area contributed by atoms with Crippen molar-refractivity contribution >= 4 is 29.3 Å². The van der Waals surface area contributed by atoms with Gasteiger partial charge in [0.05, 0.1) is 6.42 Å². The van der Waals surface area contributed by atoms with Gasteiger partial charge in [0.25, 0.3) is 0 Å². The summed E-state index contributed by atoms with van der Waals surface area (Å²) in [6.07, 6.45) is 0.0948. The van der Waals surface area contributed by atoms with Gasteiger partial charge in [-0.3, -0.25) is 4.79 Å². The molecule has 0 aliphatic carbocycles. The number of thioether (sulfide) groups is 1. The molecule has 0 heterocycles. The maximum absolute atomic E-state index is 12.9. The zero-order valence-corrected chi connectivity index (χ0v) is 10.3. The van der Waals surface area contributed by atoms with Crippen molar-refractivity contribution in [3.05, 3.63) is 34.6 Å². The van der Waals surface area contributed by atoms with Gasteiger partial charge in [-0.15, -0.1) is 0 Å². The van der Waals surface area contributed by atoms with E-state index < -0.39 is 5.97 Å². The maximum Gasteiger partial charge on any atom is 0.304 e. The summed E-state index contributed by atoms with van der Waals surface area (Å²) in [7, 11) is 0. The van der Waals surface area contributed by atoms with Gasteiger partial charge in [0, 0.05) is 16.0 Å². The minimum atomic E-state index is -0.828. The molecule has 0 aromatic heterocycles. The van der Waals surface area contributed by atoms with Gasteiger partial charge in [-0.05, 0) is 23.8 Å². The van der Waals surface area contributed by atoms with Crippen LogP contribution in [0.15, 0.2) is 18.2 Å². The summed E-state index contributed by atoms with van der Waals surface area (Å²) in [6.45, 7) is 1.83. The molecule has 0 aliphatic heterocycles. The van der Waals surface area contributed by atoms with Crippen molar-refractivity contribution in [1.29, 1.82) is 0 Å². The Morgan fingerprint density at radius 2 is 2.31 bits per heavy atom. The first-order chi connectivity index (χ1) is 7.49. The minimum absolute atomic E-state index is 0.0168. The summed E-state index contributed by atoms with van der Waals surface area (Å²) in [6, 6.07) is 4.19. The van der Waals surface area contributed by atoms with Crippen molar-refractivity contribution in [2.75, 3.05) is 0 Å². The Morgan fingerprint density at radius 1 is 1.62 bits per heavy atom. The van der Waals surface area contributed by atoms with E-state index >= 15 is 0 Å². The molecule has 0 fully saturated rings. The SMILES string of the molecule is CC(CC(=O)O)SCc1cc(F)ccc1Cl. The highest BCUT2D eigenvalue weighted by Crippen LogP contribution is 2.25. The Kier molecular flexibility index (Phi) is 5.09. The van der Waals surface area contributed by atoms with Gasteiger partial charge in [0.1, 0.15) is 5.82 Å². The molecular formula is C11H12ClFO2S. The van der Waals surface area contributed by atoms with Gasteiger partial charge in [-0.25, -0.2) is 4.39 Å². The standard InChI is InChI=1S/C11H12ClFO2S/c1-7(4-11(14)15)16-6-8-5-9(13)2-3-10(8)12/h2-3,5,7H,4,6H2,1H3,(H,14,15). The van der Waals surface area contributed by atoms with E-state index in [1.54, 1.807) is 0 Å². The van der Waals surface area contributed by atoms with Gasteiger partial charge < -0.3 is 5.11 Å². The lowest BCUT2D eigenvalue weighted by Gasteiger charge is -2.09. The van der Waals surface area contributed by atoms with E-state index in [0.29, 0.717) is 16.3 Å². The van der Waals surface area contributed by atoms with Gasteiger partial charge in [0.15, 0.2) is 0 Å². The van der Waals surface area contributed by atoms with E-state index in [4.69, 9.17) is 16.7 Å². The van der Waals surface area contributed by atoms with Gasteiger partial charge in [0.2, 0.25) is 0 Å². The van der Waals surface area contributed by atoms with Crippen molar-refractivity contribution < 1.29 is 14.3 Å². The number of hydrogen-bond acceptors (Lipinski definition) is 2. The summed E-state index contributed by atoms with van der Waals surface area (Å²) in [5, 5.41) is 9.07. The van der Waals surface area contributed by atoms with Crippen LogP contribution in [0.3, 0.4) is 0 Å². The van der Waals surface area contributed by atoms with E-state index in [1.807, 2.05) is 6.92 Å². The number of carboxylic acid groups (broad SMARTS) is 1. The average Bonchev–Trinajstić information content (AvgIpc) is 2.18. The molecule has 2 nitrogen and oxygen atoms in total. The molecule has 1 aromatic rings. The second-order valence-corrected chi connectivity index (χ2v) is 5.29. The monoisotopic (exact) mass is 262 g/mol. The predicted molar refractivity (Wildman–Crippen MR) is 64.4 cm³/mol. The van der Waals surface area contributed by atoms with E-state index in [2.05, 4.69) is 0 Å². The molecule has 0 saturated heterocycles. The molecule has 0 bridgehead atoms. The van der Waals surface area contributed by atoms with Crippen LogP contribution >= 0.6 is 23.4 Å². The highest BCUT2D eigenvalue weighted by atomic mass is 35.5. The maximum atomic E-state index is 12.9. The molecule has 88 valence electrons. The summed E-state index contributed by atoms with van der Waals surface area (Å²) in [4.78, 5) is 10.4. The fourth-order valence-electron chi connectivity index (χ4n) is 1.19. The fraction of sp³-hybridized carbons (Fsp3) is 0.364. The Hall–Kier alpha value is -0.740. The molecular weight excluding hydrogens is 251 g/mol. The van der Waals surface area contributed by atoms with E-state index in [9.17, 15) is 9.18 Å². The molecule has 0 spiro atoms. The largest absolute Gasteiger partial charge is 0.481 e. The van der Waals surface area contributed by atoms with Crippen LogP contribution in [0.1, 0.15) is 18.9 Å². The summed E-state index contributed by atoms with van der Waals surface area (Å²) < 4.78 is 12.9. The molecule has 5 heteroatoms. The third-order valence-corrected chi connectivity index (χ3v) is 3.58. The predicted octanol–water partition coefficient (Wildman–Crippen LogP) is 3.58. The summed E-state index contributed by atoms with van der Waals surface area (Å²) in [5.74, 6) is -0.637. The normalized spacial score (nSPS) is 12.4. The number of halogens is 2. The second kappa shape index (κ2) is 6.11. The first-order valence-electron chi connectivity index (χ1n) is 4.76. The van der Waals surface area contributed by atoms with Crippen LogP contribution in [0.2, 0.25) is 5.02 Å². The highest BCUT2D eigenvalue weighted by Gasteiger charge is 2.09. The number of aliphatic carboxylic acids is 1. The summed E-state index contributed by atoms with van der Waals surface area (Å²) in [5.41, 5.74) is 0.698. The number of benzene rings is 1. The van der Waals surface area contributed by atoms with Gasteiger partial charge >= 0.3 is 5.97 Å². The highest BCUT2D eigenvalue weighted by molar-refractivity contribution is 7.99. The van der Waals surface area contributed by atoms with E-state index in [1.165, 1.54) is 30.0 Å². The minimum Gasteiger partial charge on any atom is -0.481 e. The van der Waals surface area contributed by atoms with Crippen molar-refractivity contribution in [1.82, 2.24) is 0 Å². The number of hydrogen-bond donors (Lipinski definition) is 1. The zero-order chi connectivity index (χ0) is 12.1. The number of rotatable bonds is 5. The van der Waals surface area contributed by atoms with Crippen LogP contribution in [-0.4, -0.2) is 16.3 Å². The molecule has 1 atom stereocenters. The van der Waals surface area contributed by atoms with Gasteiger partial charge in [-0.1, -0.05) is 18.5 Å². The summed E-state index contributed by atoms with van der Waals surface area (Å²) >= 11 is 7.34. The van der Waals surface area contributed by atoms with Crippen LogP contribution < -0.4 is 0 Å². The number of carboxylic acids is 1. The zero-order valence-electron chi connectivity index (χ0n) is 8.74. The van der Waals surface area contributed by atoms with Gasteiger partial charge in [-0.2, -0.15) is 11.8 Å². The lowest BCUT2D eigenvalue weighted by Crippen LogP contribution is -2.05. The quantitative estimate of drug-likeness (QED) is 0.881. The molecule has 0 aliphatic rings. The topological polar surface area (TPSA) is 37.3 Å². The Bertz CT molecular complexity index is 384. The molecule has 1 unspecified atom stereocenters.